The van der Waals surface area contributed by atoms with Gasteiger partial charge in [0.05, 0.1) is 18.7 Å². The number of carbonyl (C=O) groups excluding carboxylic acids is 2. The van der Waals surface area contributed by atoms with Crippen molar-refractivity contribution in [1.29, 1.82) is 0 Å². The number of likely N-dealkylation sites (tertiary alicyclic amines) is 1. The van der Waals surface area contributed by atoms with Crippen molar-refractivity contribution in [3.8, 4) is 11.1 Å². The Morgan fingerprint density at radius 1 is 1.00 bits per heavy atom. The maximum Gasteiger partial charge on any atom is 0.226 e. The van der Waals surface area contributed by atoms with E-state index in [9.17, 15) is 14.7 Å². The number of benzene rings is 2. The summed E-state index contributed by atoms with van der Waals surface area (Å²) >= 11 is 0. The normalized spacial score (nSPS) is 23.4. The van der Waals surface area contributed by atoms with Crippen molar-refractivity contribution in [1.82, 2.24) is 9.80 Å². The van der Waals surface area contributed by atoms with Crippen molar-refractivity contribution >= 4 is 11.8 Å². The number of rotatable bonds is 6. The molecule has 29 heavy (non-hydrogen) atoms. The molecule has 1 heterocycles. The lowest BCUT2D eigenvalue weighted by Gasteiger charge is -2.56. The third-order valence-electron chi connectivity index (χ3n) is 6.31. The van der Waals surface area contributed by atoms with Crippen LogP contribution in [0.1, 0.15) is 31.2 Å². The van der Waals surface area contributed by atoms with E-state index in [4.69, 9.17) is 0 Å². The fourth-order valence-corrected chi connectivity index (χ4v) is 4.40. The first-order valence-electron chi connectivity index (χ1n) is 10.3. The van der Waals surface area contributed by atoms with E-state index in [1.165, 1.54) is 0 Å². The second kappa shape index (κ2) is 7.99. The lowest BCUT2D eigenvalue weighted by molar-refractivity contribution is -0.155. The average molecular weight is 392 g/mol. The molecule has 0 radical (unpaired) electrons. The zero-order valence-electron chi connectivity index (χ0n) is 17.0. The number of nitrogens with zero attached hydrogens (tertiary/aromatic N) is 2. The third-order valence-corrected chi connectivity index (χ3v) is 6.31. The van der Waals surface area contributed by atoms with E-state index < -0.39 is 0 Å². The van der Waals surface area contributed by atoms with Crippen LogP contribution in [-0.2, 0) is 9.59 Å². The maximum atomic E-state index is 12.8. The van der Waals surface area contributed by atoms with Crippen molar-refractivity contribution in [2.24, 2.45) is 5.92 Å². The van der Waals surface area contributed by atoms with Gasteiger partial charge in [-0.25, -0.2) is 0 Å². The van der Waals surface area contributed by atoms with Gasteiger partial charge in [0.15, 0.2) is 0 Å². The Kier molecular flexibility index (Phi) is 5.41. The van der Waals surface area contributed by atoms with Crippen LogP contribution in [0.15, 0.2) is 54.6 Å². The molecule has 5 nitrogen and oxygen atoms in total. The Morgan fingerprint density at radius 3 is 2.17 bits per heavy atom. The number of carbonyl (C=O) groups is 2. The number of hydrogen-bond acceptors (Lipinski definition) is 3. The summed E-state index contributed by atoms with van der Waals surface area (Å²) in [4.78, 5) is 28.2. The van der Waals surface area contributed by atoms with E-state index in [-0.39, 0.29) is 42.3 Å². The van der Waals surface area contributed by atoms with Gasteiger partial charge in [-0.15, -0.1) is 0 Å². The van der Waals surface area contributed by atoms with E-state index in [2.05, 4.69) is 36.4 Å². The predicted octanol–water partition coefficient (Wildman–Crippen LogP) is 2.90. The van der Waals surface area contributed by atoms with Crippen LogP contribution in [0.3, 0.4) is 0 Å². The second-order valence-corrected chi connectivity index (χ2v) is 8.25. The zero-order valence-corrected chi connectivity index (χ0v) is 17.0. The van der Waals surface area contributed by atoms with Gasteiger partial charge in [0, 0.05) is 32.4 Å². The van der Waals surface area contributed by atoms with Crippen molar-refractivity contribution < 1.29 is 14.7 Å². The van der Waals surface area contributed by atoms with Gasteiger partial charge >= 0.3 is 0 Å². The van der Waals surface area contributed by atoms with Crippen LogP contribution in [0.2, 0.25) is 0 Å². The Morgan fingerprint density at radius 2 is 1.62 bits per heavy atom. The molecule has 1 saturated heterocycles. The number of likely N-dealkylation sites (N-methyl/N-ethyl adjacent to an activating group) is 1. The van der Waals surface area contributed by atoms with Crippen LogP contribution in [0.25, 0.3) is 11.1 Å². The summed E-state index contributed by atoms with van der Waals surface area (Å²) in [5, 5.41) is 10.1. The van der Waals surface area contributed by atoms with Crippen molar-refractivity contribution in [3.05, 3.63) is 60.2 Å². The zero-order chi connectivity index (χ0) is 20.5. The van der Waals surface area contributed by atoms with Crippen LogP contribution in [0, 0.1) is 5.92 Å². The molecular formula is C24H28N2O3. The molecule has 4 rings (SSSR count). The SMILES string of the molecule is CC(=O)N(C)C[C@@H]1[C@H](c2ccc(-c3ccccc3)cc2)[C@H](CO)N1C(=O)C1CC1. The molecule has 0 aromatic heterocycles. The molecule has 2 aromatic carbocycles. The van der Waals surface area contributed by atoms with Gasteiger partial charge in [0.1, 0.15) is 0 Å². The van der Waals surface area contributed by atoms with E-state index in [1.54, 1.807) is 18.9 Å². The Hall–Kier alpha value is -2.66. The molecule has 3 atom stereocenters. The van der Waals surface area contributed by atoms with Gasteiger partial charge in [-0.1, -0.05) is 54.6 Å². The fraction of sp³-hybridized carbons (Fsp3) is 0.417. The van der Waals surface area contributed by atoms with Crippen LogP contribution in [0.4, 0.5) is 0 Å². The first kappa shape index (κ1) is 19.6. The summed E-state index contributed by atoms with van der Waals surface area (Å²) in [6.45, 7) is 1.96. The predicted molar refractivity (Wildman–Crippen MR) is 112 cm³/mol. The first-order chi connectivity index (χ1) is 14.0. The van der Waals surface area contributed by atoms with Gasteiger partial charge < -0.3 is 14.9 Å². The lowest BCUT2D eigenvalue weighted by Crippen LogP contribution is -2.68. The topological polar surface area (TPSA) is 60.9 Å². The molecule has 2 fully saturated rings. The minimum atomic E-state index is -0.226. The summed E-state index contributed by atoms with van der Waals surface area (Å²) in [5.74, 6) is 0.225. The lowest BCUT2D eigenvalue weighted by atomic mass is 9.74. The first-order valence-corrected chi connectivity index (χ1v) is 10.3. The number of aliphatic hydroxyl groups is 1. The summed E-state index contributed by atoms with van der Waals surface area (Å²) < 4.78 is 0. The molecule has 0 unspecified atom stereocenters. The molecule has 1 N–H and O–H groups in total. The molecule has 2 amide bonds. The highest BCUT2D eigenvalue weighted by Crippen LogP contribution is 2.45. The van der Waals surface area contributed by atoms with Crippen molar-refractivity contribution in [3.63, 3.8) is 0 Å². The van der Waals surface area contributed by atoms with Crippen LogP contribution in [0.5, 0.6) is 0 Å². The summed E-state index contributed by atoms with van der Waals surface area (Å²) in [5.41, 5.74) is 3.40. The summed E-state index contributed by atoms with van der Waals surface area (Å²) in [6, 6.07) is 18.2. The molecule has 1 saturated carbocycles. The quantitative estimate of drug-likeness (QED) is 0.822. The highest BCUT2D eigenvalue weighted by atomic mass is 16.3. The fourth-order valence-electron chi connectivity index (χ4n) is 4.40. The van der Waals surface area contributed by atoms with E-state index >= 15 is 0 Å². The minimum Gasteiger partial charge on any atom is -0.394 e. The number of amides is 2. The van der Waals surface area contributed by atoms with Crippen LogP contribution >= 0.6 is 0 Å². The van der Waals surface area contributed by atoms with Crippen LogP contribution in [-0.4, -0.2) is 59.0 Å². The Bertz CT molecular complexity index is 877. The van der Waals surface area contributed by atoms with Gasteiger partial charge in [-0.05, 0) is 29.5 Å². The van der Waals surface area contributed by atoms with Gasteiger partial charge in [-0.2, -0.15) is 0 Å². The van der Waals surface area contributed by atoms with E-state index in [0.717, 1.165) is 29.5 Å². The molecule has 2 aliphatic rings. The average Bonchev–Trinajstić information content (AvgIpc) is 3.57. The monoisotopic (exact) mass is 392 g/mol. The second-order valence-electron chi connectivity index (χ2n) is 8.25. The summed E-state index contributed by atoms with van der Waals surface area (Å²) in [7, 11) is 1.77. The molecule has 152 valence electrons. The molecule has 2 aromatic rings. The van der Waals surface area contributed by atoms with E-state index in [1.807, 2.05) is 23.1 Å². The highest BCUT2D eigenvalue weighted by molar-refractivity contribution is 5.83. The Balaban J connectivity index is 1.60. The largest absolute Gasteiger partial charge is 0.394 e. The van der Waals surface area contributed by atoms with E-state index in [0.29, 0.717) is 6.54 Å². The van der Waals surface area contributed by atoms with Gasteiger partial charge in [0.2, 0.25) is 11.8 Å². The van der Waals surface area contributed by atoms with Gasteiger partial charge in [-0.3, -0.25) is 9.59 Å². The third kappa shape index (κ3) is 3.79. The standard InChI is InChI=1S/C24H28N2O3/c1-16(28)25(2)14-21-23(22(15-27)26(21)24(29)20-12-13-20)19-10-8-18(9-11-19)17-6-4-3-5-7-17/h3-11,20-23,27H,12-15H2,1-2H3/t21-,22+,23+/m1/s1. The van der Waals surface area contributed by atoms with Gasteiger partial charge in [0.25, 0.3) is 0 Å². The van der Waals surface area contributed by atoms with Crippen molar-refractivity contribution in [2.75, 3.05) is 20.2 Å². The molecule has 0 spiro atoms. The molecule has 5 heteroatoms. The smallest absolute Gasteiger partial charge is 0.226 e. The maximum absolute atomic E-state index is 12.8. The molecule has 1 aliphatic heterocycles. The Labute approximate surface area is 171 Å². The number of hydrogen-bond donors (Lipinski definition) is 1. The molecule has 0 bridgehead atoms. The number of aliphatic hydroxyl groups excluding tert-OH is 1. The van der Waals surface area contributed by atoms with Crippen molar-refractivity contribution in [2.45, 2.75) is 37.8 Å². The molecule has 1 aliphatic carbocycles. The molecular weight excluding hydrogens is 364 g/mol. The van der Waals surface area contributed by atoms with Crippen LogP contribution < -0.4 is 0 Å². The minimum absolute atomic E-state index is 0.0190. The summed E-state index contributed by atoms with van der Waals surface area (Å²) in [6.07, 6.45) is 1.86. The highest BCUT2D eigenvalue weighted by Gasteiger charge is 2.53.